The largest absolute Gasteiger partial charge is 0.449 e. The first kappa shape index (κ1) is 23.9. The lowest BCUT2D eigenvalue weighted by Gasteiger charge is -2.26. The molecule has 0 bridgehead atoms. The number of hydrogen-bond donors (Lipinski definition) is 1. The fourth-order valence-corrected chi connectivity index (χ4v) is 4.57. The number of nitrogens with zero attached hydrogens (tertiary/aromatic N) is 2. The van der Waals surface area contributed by atoms with Crippen LogP contribution in [0.1, 0.15) is 42.3 Å². The second-order valence-corrected chi connectivity index (χ2v) is 9.33. The molecule has 1 aliphatic rings. The van der Waals surface area contributed by atoms with E-state index in [1.54, 1.807) is 13.0 Å². The van der Waals surface area contributed by atoms with Crippen LogP contribution in [0.15, 0.2) is 39.8 Å². The van der Waals surface area contributed by atoms with Gasteiger partial charge in [-0.05, 0) is 44.0 Å². The summed E-state index contributed by atoms with van der Waals surface area (Å²) in [5.74, 6) is -0.447. The van der Waals surface area contributed by atoms with Crippen molar-refractivity contribution in [1.29, 1.82) is 0 Å². The van der Waals surface area contributed by atoms with Crippen molar-refractivity contribution in [3.8, 4) is 0 Å². The average Bonchev–Trinajstić information content (AvgIpc) is 3.21. The van der Waals surface area contributed by atoms with Gasteiger partial charge in [0.1, 0.15) is 5.76 Å². The molecule has 32 heavy (non-hydrogen) atoms. The predicted molar refractivity (Wildman–Crippen MR) is 115 cm³/mol. The van der Waals surface area contributed by atoms with Gasteiger partial charge in [-0.2, -0.15) is 4.31 Å². The van der Waals surface area contributed by atoms with Crippen LogP contribution in [0.3, 0.4) is 0 Å². The third kappa shape index (κ3) is 5.93. The summed E-state index contributed by atoms with van der Waals surface area (Å²) in [5.41, 5.74) is 0.150. The van der Waals surface area contributed by atoms with Crippen molar-refractivity contribution in [2.24, 2.45) is 0 Å². The molecule has 0 unspecified atom stereocenters. The van der Waals surface area contributed by atoms with Gasteiger partial charge in [-0.25, -0.2) is 13.2 Å². The molecule has 0 saturated carbocycles. The number of benzene rings is 1. The Morgan fingerprint density at radius 2 is 1.91 bits per heavy atom. The Labute approximate surface area is 186 Å². The van der Waals surface area contributed by atoms with E-state index in [0.29, 0.717) is 31.8 Å². The highest BCUT2D eigenvalue weighted by Crippen LogP contribution is 2.19. The number of ether oxygens (including phenoxy) is 2. The zero-order chi connectivity index (χ0) is 23.1. The molecule has 0 radical (unpaired) electrons. The Balaban J connectivity index is 1.68. The number of carbonyl (C=O) groups excluding carboxylic acids is 2. The van der Waals surface area contributed by atoms with Gasteiger partial charge < -0.3 is 19.3 Å². The van der Waals surface area contributed by atoms with Crippen LogP contribution < -0.4 is 5.32 Å². The number of unbranched alkanes of at least 4 members (excludes halogenated alkanes) is 1. The van der Waals surface area contributed by atoms with E-state index in [2.05, 4.69) is 10.5 Å². The van der Waals surface area contributed by atoms with E-state index in [9.17, 15) is 18.0 Å². The van der Waals surface area contributed by atoms with Gasteiger partial charge >= 0.3 is 5.97 Å². The standard InChI is InChI=1S/C21H27N3O7S/c1-3-4-5-18(20(25)22-19-14-15(2)31-23-19)30-21(26)16-6-8-17(9-7-16)32(27,28)24-10-12-29-13-11-24/h6-9,14,18H,3-5,10-13H2,1-2H3,(H,22,23,25)/t18-/m0/s1. The summed E-state index contributed by atoms with van der Waals surface area (Å²) in [6.45, 7) is 4.92. The number of sulfonamides is 1. The molecule has 0 spiro atoms. The van der Waals surface area contributed by atoms with Crippen LogP contribution in [0, 0.1) is 6.92 Å². The minimum Gasteiger partial charge on any atom is -0.449 e. The topological polar surface area (TPSA) is 128 Å². The van der Waals surface area contributed by atoms with Crippen LogP contribution in [0.2, 0.25) is 0 Å². The second-order valence-electron chi connectivity index (χ2n) is 7.39. The minimum atomic E-state index is -3.66. The van der Waals surface area contributed by atoms with Crippen molar-refractivity contribution >= 4 is 27.7 Å². The van der Waals surface area contributed by atoms with Gasteiger partial charge in [-0.15, -0.1) is 0 Å². The van der Waals surface area contributed by atoms with Gasteiger partial charge in [0.2, 0.25) is 10.0 Å². The van der Waals surface area contributed by atoms with Crippen molar-refractivity contribution in [3.05, 3.63) is 41.7 Å². The highest BCUT2D eigenvalue weighted by Gasteiger charge is 2.27. The Hall–Kier alpha value is -2.76. The molecule has 2 aromatic rings. The maximum Gasteiger partial charge on any atom is 0.338 e. The van der Waals surface area contributed by atoms with Crippen molar-refractivity contribution in [3.63, 3.8) is 0 Å². The Morgan fingerprint density at radius 3 is 2.50 bits per heavy atom. The number of aromatic nitrogens is 1. The molecule has 1 aliphatic heterocycles. The maximum atomic E-state index is 12.7. The van der Waals surface area contributed by atoms with Gasteiger partial charge in [0.15, 0.2) is 11.9 Å². The number of hydrogen-bond acceptors (Lipinski definition) is 8. The summed E-state index contributed by atoms with van der Waals surface area (Å²) < 4.78 is 42.3. The van der Waals surface area contributed by atoms with Crippen molar-refractivity contribution < 1.29 is 32.0 Å². The molecule has 1 N–H and O–H groups in total. The van der Waals surface area contributed by atoms with E-state index in [1.165, 1.54) is 28.6 Å². The van der Waals surface area contributed by atoms with Gasteiger partial charge in [0.05, 0.1) is 23.7 Å². The number of nitrogens with one attached hydrogen (secondary N) is 1. The molecule has 0 aliphatic carbocycles. The first-order valence-corrected chi connectivity index (χ1v) is 11.9. The number of anilines is 1. The fourth-order valence-electron chi connectivity index (χ4n) is 3.16. The Morgan fingerprint density at radius 1 is 1.22 bits per heavy atom. The lowest BCUT2D eigenvalue weighted by atomic mass is 10.1. The SMILES string of the molecule is CCCC[C@H](OC(=O)c1ccc(S(=O)(=O)N2CCOCC2)cc1)C(=O)Nc1cc(C)on1. The highest BCUT2D eigenvalue weighted by atomic mass is 32.2. The molecule has 1 fully saturated rings. The van der Waals surface area contributed by atoms with Gasteiger partial charge in [0.25, 0.3) is 5.91 Å². The summed E-state index contributed by atoms with van der Waals surface area (Å²) in [4.78, 5) is 25.3. The third-order valence-electron chi connectivity index (χ3n) is 4.94. The van der Waals surface area contributed by atoms with Crippen molar-refractivity contribution in [1.82, 2.24) is 9.46 Å². The summed E-state index contributed by atoms with van der Waals surface area (Å²) >= 11 is 0. The van der Waals surface area contributed by atoms with Crippen molar-refractivity contribution in [2.45, 2.75) is 44.1 Å². The minimum absolute atomic E-state index is 0.0811. The molecule has 10 nitrogen and oxygen atoms in total. The highest BCUT2D eigenvalue weighted by molar-refractivity contribution is 7.89. The first-order chi connectivity index (χ1) is 15.3. The quantitative estimate of drug-likeness (QED) is 0.559. The van der Waals surface area contributed by atoms with Crippen LogP contribution in [0.4, 0.5) is 5.82 Å². The van der Waals surface area contributed by atoms with E-state index in [0.717, 1.165) is 6.42 Å². The zero-order valence-corrected chi connectivity index (χ0v) is 18.9. The lowest BCUT2D eigenvalue weighted by Crippen LogP contribution is -2.40. The van der Waals surface area contributed by atoms with Gasteiger partial charge in [-0.3, -0.25) is 4.79 Å². The molecule has 174 valence electrons. The van der Waals surface area contributed by atoms with Crippen LogP contribution >= 0.6 is 0 Å². The molecular formula is C21H27N3O7S. The molecule has 1 aromatic carbocycles. The monoisotopic (exact) mass is 465 g/mol. The summed E-state index contributed by atoms with van der Waals surface area (Å²) in [7, 11) is -3.66. The molecule has 1 atom stereocenters. The second kappa shape index (κ2) is 10.7. The van der Waals surface area contributed by atoms with Crippen LogP contribution in [-0.4, -0.2) is 62.2 Å². The van der Waals surface area contributed by atoms with E-state index in [4.69, 9.17) is 14.0 Å². The van der Waals surface area contributed by atoms with Crippen molar-refractivity contribution in [2.75, 3.05) is 31.6 Å². The summed E-state index contributed by atoms with van der Waals surface area (Å²) in [5, 5.41) is 6.29. The Kier molecular flexibility index (Phi) is 7.99. The number of esters is 1. The Bertz CT molecular complexity index is 1030. The first-order valence-electron chi connectivity index (χ1n) is 10.4. The number of rotatable bonds is 9. The van der Waals surface area contributed by atoms with Crippen LogP contribution in [-0.2, 0) is 24.3 Å². The average molecular weight is 466 g/mol. The lowest BCUT2D eigenvalue weighted by molar-refractivity contribution is -0.125. The number of amides is 1. The molecule has 11 heteroatoms. The van der Waals surface area contributed by atoms with Gasteiger partial charge in [0, 0.05) is 19.2 Å². The molecule has 1 saturated heterocycles. The van der Waals surface area contributed by atoms with E-state index in [1.807, 2.05) is 6.92 Å². The fraction of sp³-hybridized carbons (Fsp3) is 0.476. The maximum absolute atomic E-state index is 12.7. The summed E-state index contributed by atoms with van der Waals surface area (Å²) in [6, 6.07) is 7.04. The van der Waals surface area contributed by atoms with E-state index < -0.39 is 28.0 Å². The zero-order valence-electron chi connectivity index (χ0n) is 18.1. The number of morpholine rings is 1. The molecule has 1 amide bonds. The van der Waals surface area contributed by atoms with Crippen LogP contribution in [0.25, 0.3) is 0 Å². The van der Waals surface area contributed by atoms with E-state index in [-0.39, 0.29) is 29.4 Å². The normalized spacial score (nSPS) is 15.8. The number of aryl methyl sites for hydroxylation is 1. The van der Waals surface area contributed by atoms with Gasteiger partial charge in [-0.1, -0.05) is 18.5 Å². The smallest absolute Gasteiger partial charge is 0.338 e. The predicted octanol–water partition coefficient (Wildman–Crippen LogP) is 2.36. The number of carbonyl (C=O) groups is 2. The molecule has 2 heterocycles. The molecule has 3 rings (SSSR count). The molecule has 1 aromatic heterocycles. The molecular weight excluding hydrogens is 438 g/mol. The van der Waals surface area contributed by atoms with E-state index >= 15 is 0 Å². The van der Waals surface area contributed by atoms with Crippen LogP contribution in [0.5, 0.6) is 0 Å². The summed E-state index contributed by atoms with van der Waals surface area (Å²) in [6.07, 6.45) is 0.823. The third-order valence-corrected chi connectivity index (χ3v) is 6.85.